The molecular formula is C84H153NO8. The molecule has 0 heterocycles. The van der Waals surface area contributed by atoms with Crippen molar-refractivity contribution in [3.05, 3.63) is 72.9 Å². The third-order valence-corrected chi connectivity index (χ3v) is 18.0. The summed E-state index contributed by atoms with van der Waals surface area (Å²) in [5.74, 6) is -2.26. The molecule has 0 aliphatic carbocycles. The lowest BCUT2D eigenvalue weighted by Crippen LogP contribution is -2.44. The molecule has 2 unspecified atom stereocenters. The normalized spacial score (nSPS) is 13.0. The van der Waals surface area contributed by atoms with E-state index in [0.717, 1.165) is 77.0 Å². The van der Waals surface area contributed by atoms with Crippen molar-refractivity contribution < 1.29 is 42.9 Å². The molecule has 0 spiro atoms. The van der Waals surface area contributed by atoms with Crippen molar-refractivity contribution in [3.8, 4) is 0 Å². The summed E-state index contributed by atoms with van der Waals surface area (Å²) in [7, 11) is 5.94. The maximum atomic E-state index is 13.0. The predicted molar refractivity (Wildman–Crippen MR) is 398 cm³/mol. The molecule has 0 N–H and O–H groups in total. The number of aliphatic carboxylic acids is 1. The number of carboxylic acid groups (broad SMARTS) is 1. The number of hydrogen-bond acceptors (Lipinski definition) is 8. The van der Waals surface area contributed by atoms with Crippen molar-refractivity contribution in [2.45, 2.75) is 399 Å². The highest BCUT2D eigenvalue weighted by Gasteiger charge is 2.22. The zero-order valence-corrected chi connectivity index (χ0v) is 62.1. The van der Waals surface area contributed by atoms with Gasteiger partial charge in [-0.3, -0.25) is 9.59 Å². The molecule has 0 radical (unpaired) electrons. The zero-order valence-electron chi connectivity index (χ0n) is 62.1. The quantitative estimate of drug-likeness (QED) is 0.0195. The zero-order chi connectivity index (χ0) is 67.5. The lowest BCUT2D eigenvalue weighted by atomic mass is 10.0. The Balaban J connectivity index is 3.99. The molecule has 0 aromatic rings. The molecule has 0 rings (SSSR count). The van der Waals surface area contributed by atoms with E-state index in [9.17, 15) is 19.5 Å². The molecule has 2 atom stereocenters. The van der Waals surface area contributed by atoms with Gasteiger partial charge in [0.15, 0.2) is 12.4 Å². The van der Waals surface area contributed by atoms with Crippen molar-refractivity contribution in [3.63, 3.8) is 0 Å². The fourth-order valence-electron chi connectivity index (χ4n) is 11.9. The van der Waals surface area contributed by atoms with Gasteiger partial charge in [-0.05, 0) is 64.2 Å². The van der Waals surface area contributed by atoms with Gasteiger partial charge in [0.25, 0.3) is 0 Å². The second kappa shape index (κ2) is 74.5. The molecule has 0 aromatic heterocycles. The lowest BCUT2D eigenvalue weighted by molar-refractivity contribution is -0.870. The third kappa shape index (κ3) is 76.0. The summed E-state index contributed by atoms with van der Waals surface area (Å²) in [6.45, 7) is 4.69. The number of allylic oxidation sites excluding steroid dienone is 12. The van der Waals surface area contributed by atoms with Crippen molar-refractivity contribution in [1.82, 2.24) is 0 Å². The number of rotatable bonds is 75. The number of esters is 2. The third-order valence-electron chi connectivity index (χ3n) is 18.0. The van der Waals surface area contributed by atoms with Gasteiger partial charge in [-0.1, -0.05) is 382 Å². The van der Waals surface area contributed by atoms with Crippen LogP contribution in [0.15, 0.2) is 72.9 Å². The van der Waals surface area contributed by atoms with Crippen LogP contribution in [0.2, 0.25) is 0 Å². The largest absolute Gasteiger partial charge is 0.545 e. The van der Waals surface area contributed by atoms with Crippen LogP contribution in [0, 0.1) is 0 Å². The second-order valence-corrected chi connectivity index (χ2v) is 28.3. The molecule has 0 amide bonds. The van der Waals surface area contributed by atoms with E-state index in [0.29, 0.717) is 23.9 Å². The fraction of sp³-hybridized carbons (Fsp3) is 0.821. The van der Waals surface area contributed by atoms with E-state index >= 15 is 0 Å². The molecule has 0 saturated carbocycles. The number of carboxylic acids is 1. The maximum Gasteiger partial charge on any atom is 0.306 e. The molecule has 0 aromatic carbocycles. The SMILES string of the molecule is CC/C=C\C/C=C\C/C=C\C/C=C\C/C=C\C/C=C\CCCCCCCCCCCCCCC(=O)OC(COC(=O)CCCCCCCCCCCCCCCCCCCCCCCCCCCCCCCCCCCCCCC)COC(OCC[N+](C)(C)C)C(=O)[O-]. The first-order valence-corrected chi connectivity index (χ1v) is 40.1. The van der Waals surface area contributed by atoms with Gasteiger partial charge in [0.1, 0.15) is 13.2 Å². The summed E-state index contributed by atoms with van der Waals surface area (Å²) in [5, 5.41) is 11.9. The van der Waals surface area contributed by atoms with Crippen molar-refractivity contribution in [2.24, 2.45) is 0 Å². The van der Waals surface area contributed by atoms with E-state index < -0.39 is 24.3 Å². The van der Waals surface area contributed by atoms with Crippen molar-refractivity contribution in [2.75, 3.05) is 47.5 Å². The predicted octanol–water partition coefficient (Wildman–Crippen LogP) is 24.3. The van der Waals surface area contributed by atoms with Crippen LogP contribution in [-0.2, 0) is 33.3 Å². The minimum atomic E-state index is -1.62. The average Bonchev–Trinajstić information content (AvgIpc) is 3.38. The van der Waals surface area contributed by atoms with Gasteiger partial charge in [-0.15, -0.1) is 0 Å². The summed E-state index contributed by atoms with van der Waals surface area (Å²) in [4.78, 5) is 37.6. The van der Waals surface area contributed by atoms with Crippen LogP contribution in [0.1, 0.15) is 386 Å². The van der Waals surface area contributed by atoms with Crippen molar-refractivity contribution >= 4 is 17.9 Å². The number of carbonyl (C=O) groups excluding carboxylic acids is 3. The Morgan fingerprint density at radius 2 is 0.613 bits per heavy atom. The summed E-state index contributed by atoms with van der Waals surface area (Å²) < 4.78 is 22.9. The Morgan fingerprint density at radius 1 is 0.333 bits per heavy atom. The summed E-state index contributed by atoms with van der Waals surface area (Å²) in [6, 6.07) is 0. The fourth-order valence-corrected chi connectivity index (χ4v) is 11.9. The molecule has 9 heteroatoms. The molecular weight excluding hydrogens is 1150 g/mol. The maximum absolute atomic E-state index is 13.0. The van der Waals surface area contributed by atoms with E-state index in [1.165, 1.54) is 276 Å². The van der Waals surface area contributed by atoms with Gasteiger partial charge >= 0.3 is 11.9 Å². The van der Waals surface area contributed by atoms with Gasteiger partial charge in [0.2, 0.25) is 0 Å². The van der Waals surface area contributed by atoms with Crippen LogP contribution in [0.4, 0.5) is 0 Å². The lowest BCUT2D eigenvalue weighted by Gasteiger charge is -2.26. The summed E-state index contributed by atoms with van der Waals surface area (Å²) in [5.41, 5.74) is 0. The summed E-state index contributed by atoms with van der Waals surface area (Å²) >= 11 is 0. The molecule has 93 heavy (non-hydrogen) atoms. The van der Waals surface area contributed by atoms with E-state index in [4.69, 9.17) is 18.9 Å². The highest BCUT2D eigenvalue weighted by molar-refractivity contribution is 5.70. The Bertz CT molecular complexity index is 1760. The molecule has 0 fully saturated rings. The number of hydrogen-bond donors (Lipinski definition) is 0. The topological polar surface area (TPSA) is 111 Å². The smallest absolute Gasteiger partial charge is 0.306 e. The van der Waals surface area contributed by atoms with Crippen molar-refractivity contribution in [1.29, 1.82) is 0 Å². The number of likely N-dealkylation sites (N-methyl/N-ethyl adjacent to an activating group) is 1. The first kappa shape index (κ1) is 89.7. The van der Waals surface area contributed by atoms with Gasteiger partial charge < -0.3 is 33.3 Å². The second-order valence-electron chi connectivity index (χ2n) is 28.3. The highest BCUT2D eigenvalue weighted by Crippen LogP contribution is 2.20. The number of ether oxygens (including phenoxy) is 4. The Labute approximate surface area is 577 Å². The van der Waals surface area contributed by atoms with Crippen LogP contribution in [-0.4, -0.2) is 82.3 Å². The van der Waals surface area contributed by atoms with Crippen LogP contribution in [0.3, 0.4) is 0 Å². The number of carbonyl (C=O) groups is 3. The van der Waals surface area contributed by atoms with Crippen LogP contribution in [0.25, 0.3) is 0 Å². The molecule has 0 saturated heterocycles. The minimum absolute atomic E-state index is 0.147. The van der Waals surface area contributed by atoms with E-state index in [-0.39, 0.29) is 32.2 Å². The number of unbranched alkanes of at least 4 members (excludes halogenated alkanes) is 48. The van der Waals surface area contributed by atoms with E-state index in [1.54, 1.807) is 0 Å². The first-order chi connectivity index (χ1) is 45.6. The monoisotopic (exact) mass is 1300 g/mol. The Hall–Kier alpha value is -3.27. The highest BCUT2D eigenvalue weighted by atomic mass is 16.7. The standard InChI is InChI=1S/C84H153NO8/c1-6-8-10-12-14-16-18-20-22-24-26-28-30-32-34-36-38-39-40-41-42-43-45-46-48-50-52-54-56-58-60-62-64-66-68-70-72-74-81(86)91-78-80(79-92-84(83(88)89)90-77-76-85(3,4)5)93-82(87)75-73-71-69-67-65-63-61-59-57-55-53-51-49-47-44-37-35-33-31-29-27-25-23-21-19-17-15-13-11-9-7-2/h9,11,15,17,21,23,27,29,33,35,44,47,80,84H,6-8,10,12-14,16,18-20,22,24-26,28,30-32,34,36-43,45-46,48-79H2,1-5H3/b11-9-,17-15-,23-21-,29-27-,35-33-,47-44-. The average molecular weight is 1310 g/mol. The minimum Gasteiger partial charge on any atom is -0.545 e. The summed E-state index contributed by atoms with van der Waals surface area (Å²) in [6.07, 6.45) is 97.5. The number of nitrogens with zero attached hydrogens (tertiary/aromatic N) is 1. The van der Waals surface area contributed by atoms with Gasteiger partial charge in [0.05, 0.1) is 40.3 Å². The molecule has 542 valence electrons. The first-order valence-electron chi connectivity index (χ1n) is 40.1. The molecule has 0 aliphatic heterocycles. The van der Waals surface area contributed by atoms with Crippen LogP contribution >= 0.6 is 0 Å². The van der Waals surface area contributed by atoms with Crippen LogP contribution < -0.4 is 5.11 Å². The number of quaternary nitrogens is 1. The van der Waals surface area contributed by atoms with E-state index in [2.05, 4.69) is 86.8 Å². The van der Waals surface area contributed by atoms with Gasteiger partial charge in [-0.2, -0.15) is 0 Å². The molecule has 0 aliphatic rings. The Kier molecular flexibility index (Phi) is 71.9. The van der Waals surface area contributed by atoms with E-state index in [1.807, 2.05) is 21.1 Å². The van der Waals surface area contributed by atoms with Gasteiger partial charge in [-0.25, -0.2) is 0 Å². The Morgan fingerprint density at radius 3 is 0.914 bits per heavy atom. The molecule has 0 bridgehead atoms. The molecule has 9 nitrogen and oxygen atoms in total. The van der Waals surface area contributed by atoms with Crippen LogP contribution in [0.5, 0.6) is 0 Å². The van der Waals surface area contributed by atoms with Gasteiger partial charge in [0, 0.05) is 12.8 Å².